The molecule has 3 N–H and O–H groups in total. The van der Waals surface area contributed by atoms with Crippen molar-refractivity contribution in [1.82, 2.24) is 19.9 Å². The van der Waals surface area contributed by atoms with Gasteiger partial charge in [0.05, 0.1) is 38.9 Å². The lowest BCUT2D eigenvalue weighted by Crippen LogP contribution is -2.33. The lowest BCUT2D eigenvalue weighted by Gasteiger charge is -2.34. The summed E-state index contributed by atoms with van der Waals surface area (Å²) in [5.41, 5.74) is 7.57. The van der Waals surface area contributed by atoms with E-state index in [4.69, 9.17) is 15.3 Å². The molecule has 26 heavy (non-hydrogen) atoms. The molecule has 1 aromatic carbocycles. The zero-order valence-electron chi connectivity index (χ0n) is 21.7. The highest BCUT2D eigenvalue weighted by atomic mass is 15.2. The summed E-state index contributed by atoms with van der Waals surface area (Å²) in [6.07, 6.45) is 3.77. The maximum atomic E-state index is 8.32. The molecule has 0 saturated heterocycles. The average Bonchev–Trinajstić information content (AvgIpc) is 3.23. The Bertz CT molecular complexity index is 1150. The van der Waals surface area contributed by atoms with Crippen LogP contribution in [0.25, 0.3) is 11.0 Å². The van der Waals surface area contributed by atoms with Crippen molar-refractivity contribution in [2.45, 2.75) is 44.7 Å². The van der Waals surface area contributed by atoms with Crippen LogP contribution in [0.1, 0.15) is 58.4 Å². The number of nitrogens with two attached hydrogens (primary N) is 1. The van der Waals surface area contributed by atoms with Crippen LogP contribution in [0, 0.1) is 0 Å². The molecule has 3 aromatic rings. The number of aromatic nitrogens is 3. The smallest absolute Gasteiger partial charge is 0.121 e. The first-order valence-corrected chi connectivity index (χ1v) is 9.10. The van der Waals surface area contributed by atoms with Crippen molar-refractivity contribution >= 4 is 11.0 Å². The maximum Gasteiger partial charge on any atom is 0.121 e. The summed E-state index contributed by atoms with van der Waals surface area (Å²) in [5, 5.41) is 0. The molecule has 0 fully saturated rings. The van der Waals surface area contributed by atoms with Gasteiger partial charge in [0.25, 0.3) is 0 Å². The first-order valence-electron chi connectivity index (χ1n) is 12.6. The maximum absolute atomic E-state index is 8.32. The second-order valence-corrected chi connectivity index (χ2v) is 6.62. The predicted molar refractivity (Wildman–Crippen MR) is 105 cm³/mol. The minimum Gasteiger partial charge on any atom is -0.341 e. The Kier molecular flexibility index (Phi) is 3.31. The highest BCUT2D eigenvalue weighted by Crippen LogP contribution is 2.33. The molecule has 1 aliphatic rings. The van der Waals surface area contributed by atoms with Crippen LogP contribution in [0.4, 0.5) is 0 Å². The molecule has 0 bridgehead atoms. The van der Waals surface area contributed by atoms with E-state index in [1.54, 1.807) is 0 Å². The van der Waals surface area contributed by atoms with E-state index in [9.17, 15) is 0 Å². The minimum absolute atomic E-state index is 0.0731. The number of pyridine rings is 1. The number of nitrogens with one attached hydrogen (secondary N) is 1. The lowest BCUT2D eigenvalue weighted by atomic mass is 9.90. The largest absolute Gasteiger partial charge is 0.341 e. The van der Waals surface area contributed by atoms with Crippen molar-refractivity contribution < 1.29 is 9.60 Å². The molecule has 0 radical (unpaired) electrons. The fourth-order valence-electron chi connectivity index (χ4n) is 3.61. The second-order valence-electron chi connectivity index (χ2n) is 6.62. The van der Waals surface area contributed by atoms with Gasteiger partial charge in [-0.05, 0) is 68.9 Å². The number of aromatic amines is 1. The molecule has 0 amide bonds. The van der Waals surface area contributed by atoms with Crippen molar-refractivity contribution in [3.63, 3.8) is 0 Å². The topological polar surface area (TPSA) is 70.8 Å². The molecule has 0 spiro atoms. The monoisotopic (exact) mass is 356 g/mol. The zero-order chi connectivity index (χ0) is 23.9. The molecule has 1 atom stereocenters. The van der Waals surface area contributed by atoms with Crippen molar-refractivity contribution in [1.29, 1.82) is 0 Å². The summed E-state index contributed by atoms with van der Waals surface area (Å²) >= 11 is 0. The number of H-pyrrole nitrogens is 1. The van der Waals surface area contributed by atoms with Gasteiger partial charge in [-0.1, -0.05) is 18.1 Å². The Labute approximate surface area is 164 Å². The number of imidazole rings is 1. The van der Waals surface area contributed by atoms with Gasteiger partial charge in [-0.25, -0.2) is 4.98 Å². The van der Waals surface area contributed by atoms with Crippen LogP contribution in [0.15, 0.2) is 42.4 Å². The molecular weight excluding hydrogens is 322 g/mol. The molecule has 1 aliphatic carbocycles. The van der Waals surface area contributed by atoms with Crippen LogP contribution in [0.3, 0.4) is 0 Å². The fraction of sp³-hybridized carbons (Fsp3) is 0.429. The molecule has 2 heterocycles. The number of benzene rings is 1. The SMILES string of the molecule is [2H]c1nc2c(c([2H])c1[2H])CCC[C@@H]2N(CCCCN)Cc1nc2c([2H])c([2H])c([2H])c([2H])c2[nH]1. The molecular formula is C21H27N5. The summed E-state index contributed by atoms with van der Waals surface area (Å²) < 4.78 is 56.4. The summed E-state index contributed by atoms with van der Waals surface area (Å²) in [4.78, 5) is 14.1. The predicted octanol–water partition coefficient (Wildman–Crippen LogP) is 3.58. The molecule has 0 unspecified atom stereocenters. The Morgan fingerprint density at radius 1 is 1.23 bits per heavy atom. The zero-order valence-corrected chi connectivity index (χ0v) is 14.7. The van der Waals surface area contributed by atoms with E-state index in [-0.39, 0.29) is 59.5 Å². The van der Waals surface area contributed by atoms with E-state index < -0.39 is 0 Å². The average molecular weight is 357 g/mol. The van der Waals surface area contributed by atoms with E-state index in [0.717, 1.165) is 31.2 Å². The van der Waals surface area contributed by atoms with Gasteiger partial charge in [-0.15, -0.1) is 0 Å². The molecule has 136 valence electrons. The van der Waals surface area contributed by atoms with Gasteiger partial charge in [0.15, 0.2) is 0 Å². The number of nitrogens with zero attached hydrogens (tertiary/aromatic N) is 3. The Balaban J connectivity index is 1.73. The van der Waals surface area contributed by atoms with Gasteiger partial charge in [0, 0.05) is 6.17 Å². The summed E-state index contributed by atoms with van der Waals surface area (Å²) in [6.45, 7) is 1.60. The third-order valence-corrected chi connectivity index (χ3v) is 4.85. The number of fused-ring (bicyclic) bond motifs is 2. The molecule has 5 nitrogen and oxygen atoms in total. The normalized spacial score (nSPS) is 20.7. The van der Waals surface area contributed by atoms with E-state index >= 15 is 0 Å². The molecule has 2 aromatic heterocycles. The number of hydrogen-bond acceptors (Lipinski definition) is 4. The van der Waals surface area contributed by atoms with E-state index in [2.05, 4.69) is 19.9 Å². The molecule has 0 saturated carbocycles. The van der Waals surface area contributed by atoms with Crippen LogP contribution >= 0.6 is 0 Å². The summed E-state index contributed by atoms with van der Waals surface area (Å²) in [5.74, 6) is 0.520. The Morgan fingerprint density at radius 2 is 2.15 bits per heavy atom. The van der Waals surface area contributed by atoms with Crippen LogP contribution in [-0.4, -0.2) is 32.9 Å². The Hall–Kier alpha value is -2.24. The van der Waals surface area contributed by atoms with E-state index in [1.165, 1.54) is 0 Å². The van der Waals surface area contributed by atoms with E-state index in [1.807, 2.05) is 0 Å². The van der Waals surface area contributed by atoms with Crippen molar-refractivity contribution in [2.75, 3.05) is 13.1 Å². The van der Waals surface area contributed by atoms with Gasteiger partial charge in [0.1, 0.15) is 5.82 Å². The first kappa shape index (κ1) is 10.8. The van der Waals surface area contributed by atoms with Crippen LogP contribution in [0.5, 0.6) is 0 Å². The van der Waals surface area contributed by atoms with Crippen LogP contribution in [-0.2, 0) is 13.0 Å². The molecule has 5 heteroatoms. The third-order valence-electron chi connectivity index (χ3n) is 4.85. The van der Waals surface area contributed by atoms with Crippen molar-refractivity contribution in [3.05, 3.63) is 59.5 Å². The fourth-order valence-corrected chi connectivity index (χ4v) is 3.61. The van der Waals surface area contributed by atoms with Gasteiger partial charge >= 0.3 is 0 Å². The van der Waals surface area contributed by atoms with Gasteiger partial charge in [0.2, 0.25) is 0 Å². The lowest BCUT2D eigenvalue weighted by molar-refractivity contribution is 0.159. The standard InChI is InChI=1S/C21H27N5/c22-12-3-4-14-26(15-20-24-17-9-1-2-10-18(17)25-20)19-11-5-7-16-8-6-13-23-21(16)19/h1-2,6,8-10,13,19H,3-5,7,11-12,14-15,22H2,(H,24,25)/t19-/m0/s1/i1D,2D,6D,8D,9D,10D,13D. The minimum atomic E-state index is -0.312. The van der Waals surface area contributed by atoms with Crippen molar-refractivity contribution in [2.24, 2.45) is 5.73 Å². The molecule has 4 rings (SSSR count). The van der Waals surface area contributed by atoms with Crippen molar-refractivity contribution in [3.8, 4) is 0 Å². The number of unbranched alkanes of at least 4 members (excludes halogenated alkanes) is 1. The highest BCUT2D eigenvalue weighted by molar-refractivity contribution is 5.74. The first-order chi connectivity index (χ1) is 15.7. The summed E-state index contributed by atoms with van der Waals surface area (Å²) in [6, 6.07) is -1.16. The molecule has 0 aliphatic heterocycles. The van der Waals surface area contributed by atoms with Crippen LogP contribution in [0.2, 0.25) is 0 Å². The van der Waals surface area contributed by atoms with E-state index in [0.29, 0.717) is 37.6 Å². The number of hydrogen-bond donors (Lipinski definition) is 2. The summed E-state index contributed by atoms with van der Waals surface area (Å²) in [7, 11) is 0. The third kappa shape index (κ3) is 3.64. The van der Waals surface area contributed by atoms with Gasteiger partial charge < -0.3 is 10.7 Å². The highest BCUT2D eigenvalue weighted by Gasteiger charge is 2.27. The second kappa shape index (κ2) is 7.98. The quantitative estimate of drug-likeness (QED) is 0.635. The van der Waals surface area contributed by atoms with Gasteiger partial charge in [-0.2, -0.15) is 0 Å². The van der Waals surface area contributed by atoms with Crippen LogP contribution < -0.4 is 5.73 Å². The van der Waals surface area contributed by atoms with Gasteiger partial charge in [-0.3, -0.25) is 9.88 Å². The Morgan fingerprint density at radius 3 is 3.08 bits per heavy atom. The number of para-hydroxylation sites is 2. The number of rotatable bonds is 7.